The second-order valence-corrected chi connectivity index (χ2v) is 7.38. The fraction of sp³-hybridized carbons (Fsp3) is 0.200. The Morgan fingerprint density at radius 3 is 2.67 bits per heavy atom. The molecule has 0 saturated carbocycles. The summed E-state index contributed by atoms with van der Waals surface area (Å²) in [7, 11) is 0. The number of nitrogens with zero attached hydrogens (tertiary/aromatic N) is 6. The molecular formula is C20H19N7O2S. The van der Waals surface area contributed by atoms with E-state index >= 15 is 0 Å². The average molecular weight is 421 g/mol. The van der Waals surface area contributed by atoms with Gasteiger partial charge in [-0.25, -0.2) is 19.6 Å². The van der Waals surface area contributed by atoms with Crippen LogP contribution in [0.3, 0.4) is 0 Å². The molecule has 1 N–H and O–H groups in total. The van der Waals surface area contributed by atoms with Gasteiger partial charge in [0.05, 0.1) is 25.0 Å². The molecule has 3 heterocycles. The SMILES string of the molecule is O=C(CSc1ncccn1)NCCn1ncc2c(=O)n(Cc3ccccc3)cnc21. The highest BCUT2D eigenvalue weighted by Gasteiger charge is 2.11. The number of nitrogens with one attached hydrogen (secondary N) is 1. The summed E-state index contributed by atoms with van der Waals surface area (Å²) >= 11 is 1.27. The van der Waals surface area contributed by atoms with Crippen LogP contribution in [0.2, 0.25) is 0 Å². The fourth-order valence-corrected chi connectivity index (χ4v) is 3.53. The number of thioether (sulfide) groups is 1. The van der Waals surface area contributed by atoms with Gasteiger partial charge in [-0.2, -0.15) is 5.10 Å². The topological polar surface area (TPSA) is 108 Å². The third-order valence-corrected chi connectivity index (χ3v) is 5.21. The average Bonchev–Trinajstić information content (AvgIpc) is 3.19. The number of hydrogen-bond acceptors (Lipinski definition) is 7. The number of fused-ring (bicyclic) bond motifs is 1. The third-order valence-electron chi connectivity index (χ3n) is 4.34. The van der Waals surface area contributed by atoms with Gasteiger partial charge < -0.3 is 5.32 Å². The van der Waals surface area contributed by atoms with Crippen LogP contribution < -0.4 is 10.9 Å². The maximum absolute atomic E-state index is 12.7. The lowest BCUT2D eigenvalue weighted by Gasteiger charge is -2.07. The van der Waals surface area contributed by atoms with E-state index in [4.69, 9.17) is 0 Å². The van der Waals surface area contributed by atoms with Crippen LogP contribution >= 0.6 is 11.8 Å². The quantitative estimate of drug-likeness (QED) is 0.338. The zero-order chi connectivity index (χ0) is 20.8. The third kappa shape index (κ3) is 4.71. The molecule has 3 aromatic heterocycles. The molecule has 0 aliphatic carbocycles. The first-order chi connectivity index (χ1) is 14.7. The van der Waals surface area contributed by atoms with Crippen molar-refractivity contribution in [1.82, 2.24) is 34.6 Å². The van der Waals surface area contributed by atoms with Crippen LogP contribution in [0.15, 0.2) is 71.3 Å². The lowest BCUT2D eigenvalue weighted by molar-refractivity contribution is -0.118. The summed E-state index contributed by atoms with van der Waals surface area (Å²) in [6, 6.07) is 11.5. The van der Waals surface area contributed by atoms with Crippen molar-refractivity contribution in [3.63, 3.8) is 0 Å². The summed E-state index contributed by atoms with van der Waals surface area (Å²) < 4.78 is 3.19. The number of benzene rings is 1. The Morgan fingerprint density at radius 1 is 1.07 bits per heavy atom. The van der Waals surface area contributed by atoms with Crippen LogP contribution in [0, 0.1) is 0 Å². The van der Waals surface area contributed by atoms with E-state index in [1.165, 1.54) is 24.3 Å². The molecule has 0 aliphatic rings. The predicted octanol–water partition coefficient (Wildman–Crippen LogP) is 1.34. The zero-order valence-corrected chi connectivity index (χ0v) is 16.8. The van der Waals surface area contributed by atoms with Crippen molar-refractivity contribution >= 4 is 28.7 Å². The van der Waals surface area contributed by atoms with Crippen LogP contribution in [-0.4, -0.2) is 47.5 Å². The Balaban J connectivity index is 1.35. The molecule has 0 radical (unpaired) electrons. The highest BCUT2D eigenvalue weighted by Crippen LogP contribution is 2.10. The lowest BCUT2D eigenvalue weighted by Crippen LogP contribution is -2.29. The second kappa shape index (κ2) is 9.31. The van der Waals surface area contributed by atoms with Crippen molar-refractivity contribution in [3.05, 3.63) is 77.2 Å². The van der Waals surface area contributed by atoms with Gasteiger partial charge >= 0.3 is 0 Å². The Bertz CT molecular complexity index is 1190. The Morgan fingerprint density at radius 2 is 1.87 bits per heavy atom. The number of aromatic nitrogens is 6. The van der Waals surface area contributed by atoms with Crippen molar-refractivity contribution in [1.29, 1.82) is 0 Å². The standard InChI is InChI=1S/C20H19N7O2S/c28-17(13-30-20-22-7-4-8-23-20)21-9-10-27-18-16(11-25-27)19(29)26(14-24-18)12-15-5-2-1-3-6-15/h1-8,11,14H,9-10,12-13H2,(H,21,28). The molecule has 30 heavy (non-hydrogen) atoms. The second-order valence-electron chi connectivity index (χ2n) is 6.44. The Labute approximate surface area is 176 Å². The van der Waals surface area contributed by atoms with Gasteiger partial charge in [0.15, 0.2) is 10.8 Å². The fourth-order valence-electron chi connectivity index (χ4n) is 2.90. The minimum Gasteiger partial charge on any atom is -0.354 e. The van der Waals surface area contributed by atoms with E-state index in [1.54, 1.807) is 27.7 Å². The molecule has 4 aromatic rings. The highest BCUT2D eigenvalue weighted by atomic mass is 32.2. The highest BCUT2D eigenvalue weighted by molar-refractivity contribution is 7.99. The van der Waals surface area contributed by atoms with Gasteiger partial charge in [-0.3, -0.25) is 14.2 Å². The van der Waals surface area contributed by atoms with Gasteiger partial charge in [0.1, 0.15) is 11.7 Å². The number of rotatable bonds is 8. The molecule has 0 bridgehead atoms. The lowest BCUT2D eigenvalue weighted by atomic mass is 10.2. The Kier molecular flexibility index (Phi) is 6.14. The molecule has 1 amide bonds. The first-order valence-corrected chi connectivity index (χ1v) is 10.3. The van der Waals surface area contributed by atoms with Gasteiger partial charge in [0.2, 0.25) is 5.91 Å². The van der Waals surface area contributed by atoms with Crippen LogP contribution in [0.25, 0.3) is 11.0 Å². The molecule has 4 rings (SSSR count). The summed E-state index contributed by atoms with van der Waals surface area (Å²) in [6.07, 6.45) is 6.33. The van der Waals surface area contributed by atoms with Crippen LogP contribution in [0.4, 0.5) is 0 Å². The normalized spacial score (nSPS) is 10.9. The van der Waals surface area contributed by atoms with Gasteiger partial charge in [0.25, 0.3) is 5.56 Å². The number of amides is 1. The maximum Gasteiger partial charge on any atom is 0.264 e. The molecule has 9 nitrogen and oxygen atoms in total. The summed E-state index contributed by atoms with van der Waals surface area (Å²) in [5, 5.41) is 8.10. The van der Waals surface area contributed by atoms with Crippen molar-refractivity contribution < 1.29 is 4.79 Å². The molecule has 1 aromatic carbocycles. The molecule has 0 atom stereocenters. The van der Waals surface area contributed by atoms with Gasteiger partial charge in [-0.05, 0) is 11.6 Å². The molecule has 0 unspecified atom stereocenters. The van der Waals surface area contributed by atoms with E-state index in [0.29, 0.717) is 35.8 Å². The van der Waals surface area contributed by atoms with E-state index < -0.39 is 0 Å². The van der Waals surface area contributed by atoms with Gasteiger partial charge in [-0.1, -0.05) is 42.1 Å². The molecule has 0 spiro atoms. The van der Waals surface area contributed by atoms with Gasteiger partial charge in [0, 0.05) is 18.9 Å². The minimum atomic E-state index is -0.140. The monoisotopic (exact) mass is 421 g/mol. The number of carbonyl (C=O) groups is 1. The largest absolute Gasteiger partial charge is 0.354 e. The summed E-state index contributed by atoms with van der Waals surface area (Å²) in [5.74, 6) is 0.105. The van der Waals surface area contributed by atoms with Crippen molar-refractivity contribution in [3.8, 4) is 0 Å². The first-order valence-electron chi connectivity index (χ1n) is 9.32. The van der Waals surface area contributed by atoms with Crippen LogP contribution in [0.1, 0.15) is 5.56 Å². The van der Waals surface area contributed by atoms with Crippen molar-refractivity contribution in [2.24, 2.45) is 0 Å². The van der Waals surface area contributed by atoms with Crippen LogP contribution in [0.5, 0.6) is 0 Å². The summed E-state index contributed by atoms with van der Waals surface area (Å²) in [6.45, 7) is 1.24. The molecule has 0 fully saturated rings. The Hall–Kier alpha value is -3.53. The van der Waals surface area contributed by atoms with E-state index in [2.05, 4.69) is 25.4 Å². The van der Waals surface area contributed by atoms with Crippen molar-refractivity contribution in [2.45, 2.75) is 18.2 Å². The maximum atomic E-state index is 12.7. The number of hydrogen-bond donors (Lipinski definition) is 1. The van der Waals surface area contributed by atoms with Gasteiger partial charge in [-0.15, -0.1) is 0 Å². The molecule has 152 valence electrons. The number of carbonyl (C=O) groups excluding carboxylic acids is 1. The van der Waals surface area contributed by atoms with E-state index in [9.17, 15) is 9.59 Å². The molecular weight excluding hydrogens is 402 g/mol. The van der Waals surface area contributed by atoms with E-state index in [0.717, 1.165) is 5.56 Å². The predicted molar refractivity (Wildman–Crippen MR) is 113 cm³/mol. The summed E-state index contributed by atoms with van der Waals surface area (Å²) in [4.78, 5) is 37.3. The first kappa shape index (κ1) is 19.8. The summed E-state index contributed by atoms with van der Waals surface area (Å²) in [5.41, 5.74) is 1.39. The van der Waals surface area contributed by atoms with E-state index in [1.807, 2.05) is 30.3 Å². The molecule has 0 aliphatic heterocycles. The molecule has 0 saturated heterocycles. The molecule has 10 heteroatoms. The van der Waals surface area contributed by atoms with Crippen LogP contribution in [-0.2, 0) is 17.9 Å². The van der Waals surface area contributed by atoms with Crippen molar-refractivity contribution in [2.75, 3.05) is 12.3 Å². The smallest absolute Gasteiger partial charge is 0.264 e. The zero-order valence-electron chi connectivity index (χ0n) is 16.0. The van der Waals surface area contributed by atoms with E-state index in [-0.39, 0.29) is 17.2 Å². The minimum absolute atomic E-state index is 0.123.